The molecule has 0 spiro atoms. The summed E-state index contributed by atoms with van der Waals surface area (Å²) in [5.41, 5.74) is 11.9. The van der Waals surface area contributed by atoms with Crippen molar-refractivity contribution in [3.8, 4) is 0 Å². The Labute approximate surface area is 197 Å². The van der Waals surface area contributed by atoms with E-state index in [-0.39, 0.29) is 5.91 Å². The van der Waals surface area contributed by atoms with Gasteiger partial charge in [-0.25, -0.2) is 0 Å². The molecule has 2 aliphatic rings. The van der Waals surface area contributed by atoms with E-state index in [2.05, 4.69) is 58.8 Å². The highest BCUT2D eigenvalue weighted by molar-refractivity contribution is 5.76. The van der Waals surface area contributed by atoms with Crippen LogP contribution in [0.5, 0.6) is 0 Å². The minimum absolute atomic E-state index is 0.284. The molecule has 2 aromatic rings. The van der Waals surface area contributed by atoms with Gasteiger partial charge in [-0.2, -0.15) is 0 Å². The van der Waals surface area contributed by atoms with Crippen LogP contribution in [0.25, 0.3) is 11.8 Å². The number of hydrogen-bond acceptors (Lipinski definition) is 5. The summed E-state index contributed by atoms with van der Waals surface area (Å²) in [5.74, 6) is 0.866. The number of amides is 1. The number of piperidine rings is 1. The molecular formula is C27H35N5O. The van der Waals surface area contributed by atoms with Crippen molar-refractivity contribution in [3.63, 3.8) is 0 Å². The molecule has 6 nitrogen and oxygen atoms in total. The standard InChI is InChI=1S/C27H35N5O/c1-3-7-23-18-24(26-20-29-30-31(26)2)11-12-25(23)28-19-22-14-16-32(17-15-22)27(33)13-10-21-8-5-4-6-9-21/h3-9,11-12,18,20,22,28-30H,10,13-17,19H2,1-2H3/b7-3-. The van der Waals surface area contributed by atoms with E-state index in [1.165, 1.54) is 11.1 Å². The van der Waals surface area contributed by atoms with Crippen molar-refractivity contribution in [2.24, 2.45) is 5.92 Å². The number of nitrogens with zero attached hydrogens (tertiary/aromatic N) is 2. The first-order valence-corrected chi connectivity index (χ1v) is 11.9. The van der Waals surface area contributed by atoms with Crippen molar-refractivity contribution in [1.82, 2.24) is 20.9 Å². The second kappa shape index (κ2) is 11.1. The monoisotopic (exact) mass is 445 g/mol. The van der Waals surface area contributed by atoms with E-state index in [9.17, 15) is 4.79 Å². The van der Waals surface area contributed by atoms with Crippen molar-refractivity contribution in [2.75, 3.05) is 32.0 Å². The quantitative estimate of drug-likeness (QED) is 0.567. The summed E-state index contributed by atoms with van der Waals surface area (Å²) in [6, 6.07) is 16.8. The van der Waals surface area contributed by atoms with Crippen LogP contribution in [0.4, 0.5) is 5.69 Å². The molecule has 0 saturated carbocycles. The maximum Gasteiger partial charge on any atom is 0.222 e. The third-order valence-corrected chi connectivity index (χ3v) is 6.51. The van der Waals surface area contributed by atoms with Gasteiger partial charge < -0.3 is 15.6 Å². The molecule has 174 valence electrons. The number of rotatable bonds is 8. The van der Waals surface area contributed by atoms with E-state index >= 15 is 0 Å². The molecule has 6 heteroatoms. The molecule has 33 heavy (non-hydrogen) atoms. The lowest BCUT2D eigenvalue weighted by Gasteiger charge is -2.32. The van der Waals surface area contributed by atoms with Crippen molar-refractivity contribution >= 4 is 23.4 Å². The molecule has 2 heterocycles. The first-order chi connectivity index (χ1) is 16.1. The highest BCUT2D eigenvalue weighted by Gasteiger charge is 2.22. The van der Waals surface area contributed by atoms with E-state index in [4.69, 9.17) is 0 Å². The van der Waals surface area contributed by atoms with Crippen molar-refractivity contribution < 1.29 is 4.79 Å². The minimum Gasteiger partial charge on any atom is -0.384 e. The summed E-state index contributed by atoms with van der Waals surface area (Å²) in [6.45, 7) is 4.70. The summed E-state index contributed by atoms with van der Waals surface area (Å²) in [7, 11) is 1.99. The molecule has 0 radical (unpaired) electrons. The third-order valence-electron chi connectivity index (χ3n) is 6.51. The van der Waals surface area contributed by atoms with Crippen LogP contribution in [-0.4, -0.2) is 42.5 Å². The fourth-order valence-electron chi connectivity index (χ4n) is 4.53. The Balaban J connectivity index is 1.27. The fourth-order valence-corrected chi connectivity index (χ4v) is 4.53. The Morgan fingerprint density at radius 2 is 1.94 bits per heavy atom. The molecule has 1 saturated heterocycles. The van der Waals surface area contributed by atoms with E-state index in [1.54, 1.807) is 0 Å². The van der Waals surface area contributed by atoms with Gasteiger partial charge in [0.2, 0.25) is 5.91 Å². The van der Waals surface area contributed by atoms with Crippen LogP contribution >= 0.6 is 0 Å². The lowest BCUT2D eigenvalue weighted by Crippen LogP contribution is -2.40. The summed E-state index contributed by atoms with van der Waals surface area (Å²) >= 11 is 0. The Morgan fingerprint density at radius 1 is 1.15 bits per heavy atom. The average Bonchev–Trinajstić information content (AvgIpc) is 3.28. The van der Waals surface area contributed by atoms with Gasteiger partial charge >= 0.3 is 0 Å². The SMILES string of the molecule is C/C=C\c1cc(C2=CNNN2C)ccc1NCC1CCN(C(=O)CCc2ccccc2)CC1. The van der Waals surface area contributed by atoms with E-state index in [0.29, 0.717) is 12.3 Å². The first-order valence-electron chi connectivity index (χ1n) is 11.9. The van der Waals surface area contributed by atoms with Gasteiger partial charge in [0.05, 0.1) is 5.70 Å². The first kappa shape index (κ1) is 22.9. The minimum atomic E-state index is 0.284. The summed E-state index contributed by atoms with van der Waals surface area (Å²) in [4.78, 5) is 14.7. The van der Waals surface area contributed by atoms with Crippen LogP contribution in [-0.2, 0) is 11.2 Å². The second-order valence-corrected chi connectivity index (χ2v) is 8.84. The van der Waals surface area contributed by atoms with Crippen LogP contribution in [0, 0.1) is 5.92 Å². The Bertz CT molecular complexity index is 993. The van der Waals surface area contributed by atoms with Crippen LogP contribution in [0.2, 0.25) is 0 Å². The highest BCUT2D eigenvalue weighted by Crippen LogP contribution is 2.27. The Hall–Kier alpha value is -3.25. The fraction of sp³-hybridized carbons (Fsp3) is 0.370. The maximum absolute atomic E-state index is 12.6. The summed E-state index contributed by atoms with van der Waals surface area (Å²) in [5, 5.41) is 5.64. The van der Waals surface area contributed by atoms with E-state index in [0.717, 1.165) is 55.8 Å². The van der Waals surface area contributed by atoms with Crippen LogP contribution in [0.1, 0.15) is 42.9 Å². The van der Waals surface area contributed by atoms with Gasteiger partial charge in [-0.15, -0.1) is 5.53 Å². The number of carbonyl (C=O) groups excluding carboxylic acids is 1. The topological polar surface area (TPSA) is 59.6 Å². The Morgan fingerprint density at radius 3 is 2.64 bits per heavy atom. The third kappa shape index (κ3) is 5.96. The number of anilines is 1. The molecule has 1 fully saturated rings. The number of hydrogen-bond donors (Lipinski definition) is 3. The number of aryl methyl sites for hydroxylation is 1. The zero-order valence-electron chi connectivity index (χ0n) is 19.7. The summed E-state index contributed by atoms with van der Waals surface area (Å²) in [6.07, 6.45) is 9.72. The molecule has 2 aromatic carbocycles. The van der Waals surface area contributed by atoms with Gasteiger partial charge in [0.15, 0.2) is 0 Å². The molecule has 0 atom stereocenters. The van der Waals surface area contributed by atoms with Crippen molar-refractivity contribution in [3.05, 3.63) is 77.5 Å². The normalized spacial score (nSPS) is 16.7. The van der Waals surface area contributed by atoms with E-state index in [1.807, 2.05) is 48.3 Å². The molecule has 4 rings (SSSR count). The average molecular weight is 446 g/mol. The maximum atomic E-state index is 12.6. The predicted molar refractivity (Wildman–Crippen MR) is 136 cm³/mol. The smallest absolute Gasteiger partial charge is 0.222 e. The number of likely N-dealkylation sites (tertiary alicyclic amines) is 1. The zero-order chi connectivity index (χ0) is 23.0. The zero-order valence-corrected chi connectivity index (χ0v) is 19.7. The van der Waals surface area contributed by atoms with E-state index < -0.39 is 0 Å². The number of carbonyl (C=O) groups is 1. The molecule has 0 bridgehead atoms. The highest BCUT2D eigenvalue weighted by atomic mass is 16.2. The number of allylic oxidation sites excluding steroid dienone is 1. The molecule has 0 unspecified atom stereocenters. The van der Waals surface area contributed by atoms with Gasteiger partial charge in [-0.1, -0.05) is 48.6 Å². The van der Waals surface area contributed by atoms with Gasteiger partial charge in [0, 0.05) is 50.6 Å². The van der Waals surface area contributed by atoms with Crippen LogP contribution in [0.15, 0.2) is 60.8 Å². The molecule has 1 amide bonds. The van der Waals surface area contributed by atoms with Crippen LogP contribution < -0.4 is 16.3 Å². The van der Waals surface area contributed by atoms with Gasteiger partial charge in [0.1, 0.15) is 0 Å². The van der Waals surface area contributed by atoms with Gasteiger partial charge in [0.25, 0.3) is 0 Å². The molecule has 0 aromatic heterocycles. The lowest BCUT2D eigenvalue weighted by atomic mass is 9.96. The van der Waals surface area contributed by atoms with Gasteiger partial charge in [-0.05, 0) is 55.4 Å². The summed E-state index contributed by atoms with van der Waals surface area (Å²) < 4.78 is 0. The molecule has 2 aliphatic heterocycles. The molecular weight excluding hydrogens is 410 g/mol. The van der Waals surface area contributed by atoms with Crippen molar-refractivity contribution in [2.45, 2.75) is 32.6 Å². The van der Waals surface area contributed by atoms with Crippen molar-refractivity contribution in [1.29, 1.82) is 0 Å². The number of nitrogens with one attached hydrogen (secondary N) is 3. The lowest BCUT2D eigenvalue weighted by molar-refractivity contribution is -0.132. The molecule has 3 N–H and O–H groups in total. The van der Waals surface area contributed by atoms with Crippen LogP contribution in [0.3, 0.4) is 0 Å². The predicted octanol–water partition coefficient (Wildman–Crippen LogP) is 4.26. The van der Waals surface area contributed by atoms with Gasteiger partial charge in [-0.3, -0.25) is 9.80 Å². The largest absolute Gasteiger partial charge is 0.384 e. The number of hydrazine groups is 2. The molecule has 0 aliphatic carbocycles. The number of benzene rings is 2. The second-order valence-electron chi connectivity index (χ2n) is 8.84. The Kier molecular flexibility index (Phi) is 7.68.